The summed E-state index contributed by atoms with van der Waals surface area (Å²) in [5.41, 5.74) is 0.608. The molecule has 0 aliphatic carbocycles. The molecule has 0 unspecified atom stereocenters. The Morgan fingerprint density at radius 1 is 1.21 bits per heavy atom. The summed E-state index contributed by atoms with van der Waals surface area (Å²) < 4.78 is 5.24. The standard InChI is InChI=1S/C19H28N2O3/c1-14-7-6-11-21(12-10-14)17(22)15-8-5-9-16(13-15)20-18(23)24-19(2,3)4/h5,8-9,13-14H,6-7,10-12H2,1-4H3,(H,20,23)/t14-/m1/s1. The van der Waals surface area contributed by atoms with Crippen molar-refractivity contribution < 1.29 is 14.3 Å². The van der Waals surface area contributed by atoms with Gasteiger partial charge in [-0.25, -0.2) is 4.79 Å². The van der Waals surface area contributed by atoms with Gasteiger partial charge in [-0.15, -0.1) is 0 Å². The third-order valence-corrected chi connectivity index (χ3v) is 4.06. The van der Waals surface area contributed by atoms with E-state index < -0.39 is 11.7 Å². The number of benzene rings is 1. The van der Waals surface area contributed by atoms with Gasteiger partial charge in [0.05, 0.1) is 0 Å². The SMILES string of the molecule is C[C@@H]1CCCN(C(=O)c2cccc(NC(=O)OC(C)(C)C)c2)CC1. The largest absolute Gasteiger partial charge is 0.444 e. The van der Waals surface area contributed by atoms with Gasteiger partial charge in [-0.05, 0) is 64.2 Å². The van der Waals surface area contributed by atoms with Gasteiger partial charge < -0.3 is 9.64 Å². The van der Waals surface area contributed by atoms with Gasteiger partial charge >= 0.3 is 6.09 Å². The van der Waals surface area contributed by atoms with Crippen LogP contribution in [0, 0.1) is 5.92 Å². The Labute approximate surface area is 144 Å². The summed E-state index contributed by atoms with van der Waals surface area (Å²) in [6.07, 6.45) is 2.74. The summed E-state index contributed by atoms with van der Waals surface area (Å²) in [6, 6.07) is 7.03. The zero-order chi connectivity index (χ0) is 17.7. The van der Waals surface area contributed by atoms with E-state index in [2.05, 4.69) is 12.2 Å². The Bertz CT molecular complexity index is 593. The highest BCUT2D eigenvalue weighted by molar-refractivity contribution is 5.96. The quantitative estimate of drug-likeness (QED) is 0.878. The molecular formula is C19H28N2O3. The van der Waals surface area contributed by atoms with E-state index >= 15 is 0 Å². The third-order valence-electron chi connectivity index (χ3n) is 4.06. The first-order chi connectivity index (χ1) is 11.2. The number of amides is 2. The van der Waals surface area contributed by atoms with E-state index in [1.807, 2.05) is 25.7 Å². The van der Waals surface area contributed by atoms with Gasteiger partial charge in [0.25, 0.3) is 5.91 Å². The topological polar surface area (TPSA) is 58.6 Å². The smallest absolute Gasteiger partial charge is 0.412 e. The number of carbonyl (C=O) groups is 2. The second kappa shape index (κ2) is 7.69. The van der Waals surface area contributed by atoms with Gasteiger partial charge in [-0.2, -0.15) is 0 Å². The van der Waals surface area contributed by atoms with E-state index in [0.29, 0.717) is 17.2 Å². The highest BCUT2D eigenvalue weighted by Gasteiger charge is 2.21. The number of nitrogens with zero attached hydrogens (tertiary/aromatic N) is 1. The molecule has 1 aliphatic heterocycles. The van der Waals surface area contributed by atoms with E-state index in [-0.39, 0.29) is 5.91 Å². The van der Waals surface area contributed by atoms with Crippen molar-refractivity contribution in [3.05, 3.63) is 29.8 Å². The molecule has 0 bridgehead atoms. The van der Waals surface area contributed by atoms with E-state index in [0.717, 1.165) is 25.9 Å². The number of ether oxygens (including phenoxy) is 1. The number of hydrogen-bond acceptors (Lipinski definition) is 3. The van der Waals surface area contributed by atoms with E-state index in [1.54, 1.807) is 24.3 Å². The fourth-order valence-corrected chi connectivity index (χ4v) is 2.80. The van der Waals surface area contributed by atoms with Gasteiger partial charge in [0.1, 0.15) is 5.60 Å². The number of nitrogens with one attached hydrogen (secondary N) is 1. The predicted molar refractivity (Wildman–Crippen MR) is 95.2 cm³/mol. The fourth-order valence-electron chi connectivity index (χ4n) is 2.80. The van der Waals surface area contributed by atoms with Gasteiger partial charge in [-0.1, -0.05) is 13.0 Å². The molecule has 5 nitrogen and oxygen atoms in total. The maximum Gasteiger partial charge on any atom is 0.412 e. The van der Waals surface area contributed by atoms with E-state index in [9.17, 15) is 9.59 Å². The van der Waals surface area contributed by atoms with Crippen molar-refractivity contribution in [2.45, 2.75) is 52.6 Å². The fraction of sp³-hybridized carbons (Fsp3) is 0.579. The van der Waals surface area contributed by atoms with Crippen LogP contribution in [0.2, 0.25) is 0 Å². The summed E-state index contributed by atoms with van der Waals surface area (Å²) in [6.45, 7) is 9.27. The minimum atomic E-state index is -0.555. The van der Waals surface area contributed by atoms with Crippen molar-refractivity contribution in [2.75, 3.05) is 18.4 Å². The van der Waals surface area contributed by atoms with Crippen LogP contribution in [0.1, 0.15) is 57.3 Å². The number of carbonyl (C=O) groups excluding carboxylic acids is 2. The maximum atomic E-state index is 12.7. The zero-order valence-corrected chi connectivity index (χ0v) is 15.1. The zero-order valence-electron chi connectivity index (χ0n) is 15.1. The molecule has 1 atom stereocenters. The Balaban J connectivity index is 2.03. The first-order valence-electron chi connectivity index (χ1n) is 8.64. The lowest BCUT2D eigenvalue weighted by Crippen LogP contribution is -2.32. The van der Waals surface area contributed by atoms with E-state index in [4.69, 9.17) is 4.74 Å². The van der Waals surface area contributed by atoms with E-state index in [1.165, 1.54) is 6.42 Å². The van der Waals surface area contributed by atoms with Crippen molar-refractivity contribution in [2.24, 2.45) is 5.92 Å². The molecule has 1 aliphatic rings. The summed E-state index contributed by atoms with van der Waals surface area (Å²) in [5, 5.41) is 2.68. The molecule has 132 valence electrons. The Hall–Kier alpha value is -2.04. The molecule has 0 radical (unpaired) electrons. The van der Waals surface area contributed by atoms with Crippen molar-refractivity contribution in [3.63, 3.8) is 0 Å². The molecule has 5 heteroatoms. The average Bonchev–Trinajstić information content (AvgIpc) is 2.69. The molecule has 1 heterocycles. The van der Waals surface area contributed by atoms with Crippen LogP contribution in [0.3, 0.4) is 0 Å². The predicted octanol–water partition coefficient (Wildman–Crippen LogP) is 4.30. The Kier molecular flexibility index (Phi) is 5.86. The normalized spacial score (nSPS) is 18.7. The number of hydrogen-bond donors (Lipinski definition) is 1. The Morgan fingerprint density at radius 2 is 1.96 bits per heavy atom. The molecule has 0 spiro atoms. The molecule has 24 heavy (non-hydrogen) atoms. The summed E-state index contributed by atoms with van der Waals surface area (Å²) in [5.74, 6) is 0.694. The highest BCUT2D eigenvalue weighted by Crippen LogP contribution is 2.20. The molecule has 1 aromatic carbocycles. The van der Waals surface area contributed by atoms with Crippen molar-refractivity contribution >= 4 is 17.7 Å². The average molecular weight is 332 g/mol. The van der Waals surface area contributed by atoms with Crippen LogP contribution >= 0.6 is 0 Å². The molecule has 1 fully saturated rings. The lowest BCUT2D eigenvalue weighted by atomic mass is 10.0. The molecule has 1 N–H and O–H groups in total. The summed E-state index contributed by atoms with van der Waals surface area (Å²) >= 11 is 0. The van der Waals surface area contributed by atoms with Crippen LogP contribution in [0.5, 0.6) is 0 Å². The van der Waals surface area contributed by atoms with Gasteiger partial charge in [0.15, 0.2) is 0 Å². The first-order valence-corrected chi connectivity index (χ1v) is 8.64. The number of anilines is 1. The van der Waals surface area contributed by atoms with Crippen molar-refractivity contribution in [1.29, 1.82) is 0 Å². The van der Waals surface area contributed by atoms with Gasteiger partial charge in [-0.3, -0.25) is 10.1 Å². The summed E-state index contributed by atoms with van der Waals surface area (Å²) in [4.78, 5) is 26.5. The lowest BCUT2D eigenvalue weighted by molar-refractivity contribution is 0.0634. The number of likely N-dealkylation sites (tertiary alicyclic amines) is 1. The van der Waals surface area contributed by atoms with Crippen molar-refractivity contribution in [3.8, 4) is 0 Å². The van der Waals surface area contributed by atoms with Gasteiger partial charge in [0, 0.05) is 24.3 Å². The van der Waals surface area contributed by atoms with Crippen LogP contribution < -0.4 is 5.32 Å². The molecule has 2 rings (SSSR count). The van der Waals surface area contributed by atoms with Crippen LogP contribution in [0.25, 0.3) is 0 Å². The molecular weight excluding hydrogens is 304 g/mol. The minimum absolute atomic E-state index is 0.0249. The molecule has 1 saturated heterocycles. The second-order valence-corrected chi connectivity index (χ2v) is 7.54. The maximum absolute atomic E-state index is 12.7. The van der Waals surface area contributed by atoms with Crippen molar-refractivity contribution in [1.82, 2.24) is 4.90 Å². The molecule has 1 aromatic rings. The minimum Gasteiger partial charge on any atom is -0.444 e. The highest BCUT2D eigenvalue weighted by atomic mass is 16.6. The second-order valence-electron chi connectivity index (χ2n) is 7.54. The summed E-state index contributed by atoms with van der Waals surface area (Å²) in [7, 11) is 0. The van der Waals surface area contributed by atoms with Crippen LogP contribution in [0.4, 0.5) is 10.5 Å². The molecule has 2 amide bonds. The lowest BCUT2D eigenvalue weighted by Gasteiger charge is -2.21. The molecule has 0 aromatic heterocycles. The van der Waals surface area contributed by atoms with Crippen LogP contribution in [-0.2, 0) is 4.74 Å². The van der Waals surface area contributed by atoms with Crippen LogP contribution in [0.15, 0.2) is 24.3 Å². The first kappa shape index (κ1) is 18.3. The van der Waals surface area contributed by atoms with Crippen LogP contribution in [-0.4, -0.2) is 35.6 Å². The Morgan fingerprint density at radius 3 is 2.67 bits per heavy atom. The molecule has 0 saturated carbocycles. The number of rotatable bonds is 2. The monoisotopic (exact) mass is 332 g/mol. The third kappa shape index (κ3) is 5.55. The van der Waals surface area contributed by atoms with Gasteiger partial charge in [0.2, 0.25) is 0 Å².